The van der Waals surface area contributed by atoms with Gasteiger partial charge in [-0.3, -0.25) is 4.79 Å². The number of thioether (sulfide) groups is 1. The van der Waals surface area contributed by atoms with E-state index in [-0.39, 0.29) is 5.78 Å². The van der Waals surface area contributed by atoms with Crippen LogP contribution in [-0.2, 0) is 0 Å². The van der Waals surface area contributed by atoms with Crippen molar-refractivity contribution in [2.45, 2.75) is 12.1 Å². The second-order valence-corrected chi connectivity index (χ2v) is 5.97. The number of hydrogen-bond acceptors (Lipinski definition) is 4. The van der Waals surface area contributed by atoms with E-state index in [1.807, 2.05) is 19.1 Å². The van der Waals surface area contributed by atoms with Gasteiger partial charge in [-0.1, -0.05) is 17.8 Å². The van der Waals surface area contributed by atoms with Crippen LogP contribution >= 0.6 is 11.8 Å². The van der Waals surface area contributed by atoms with Crippen LogP contribution in [0.2, 0.25) is 0 Å². The second kappa shape index (κ2) is 6.71. The van der Waals surface area contributed by atoms with Crippen molar-refractivity contribution in [3.05, 3.63) is 65.1 Å². The maximum atomic E-state index is 12.1. The average Bonchev–Trinajstić information content (AvgIpc) is 2.96. The van der Waals surface area contributed by atoms with E-state index >= 15 is 0 Å². The SMILES string of the molecule is COc1ccc(C(=O)C=CSc2nc3ccc(C)cc3[nH]2)cc1. The van der Waals surface area contributed by atoms with Crippen molar-refractivity contribution in [2.75, 3.05) is 7.11 Å². The molecule has 0 aliphatic carbocycles. The molecule has 0 aliphatic rings. The lowest BCUT2D eigenvalue weighted by Crippen LogP contribution is -1.93. The monoisotopic (exact) mass is 324 g/mol. The minimum Gasteiger partial charge on any atom is -0.497 e. The highest BCUT2D eigenvalue weighted by atomic mass is 32.2. The summed E-state index contributed by atoms with van der Waals surface area (Å²) in [5.41, 5.74) is 3.74. The van der Waals surface area contributed by atoms with Gasteiger partial charge in [0.15, 0.2) is 10.9 Å². The molecular weight excluding hydrogens is 308 g/mol. The van der Waals surface area contributed by atoms with Gasteiger partial charge in [-0.2, -0.15) is 0 Å². The van der Waals surface area contributed by atoms with E-state index in [9.17, 15) is 4.79 Å². The highest BCUT2D eigenvalue weighted by Gasteiger charge is 2.04. The molecule has 0 saturated carbocycles. The fourth-order valence-electron chi connectivity index (χ4n) is 2.17. The topological polar surface area (TPSA) is 55.0 Å². The number of carbonyl (C=O) groups excluding carboxylic acids is 1. The van der Waals surface area contributed by atoms with Gasteiger partial charge in [-0.05, 0) is 60.4 Å². The Morgan fingerprint density at radius 1 is 1.22 bits per heavy atom. The lowest BCUT2D eigenvalue weighted by Gasteiger charge is -1.99. The molecule has 0 fully saturated rings. The molecule has 0 unspecified atom stereocenters. The fourth-order valence-corrected chi connectivity index (χ4v) is 2.81. The quantitative estimate of drug-likeness (QED) is 0.430. The van der Waals surface area contributed by atoms with E-state index in [0.29, 0.717) is 5.56 Å². The number of methoxy groups -OCH3 is 1. The molecule has 0 aliphatic heterocycles. The number of nitrogens with zero attached hydrogens (tertiary/aromatic N) is 1. The normalized spacial score (nSPS) is 11.2. The average molecular weight is 324 g/mol. The Morgan fingerprint density at radius 3 is 2.74 bits per heavy atom. The van der Waals surface area contributed by atoms with Crippen LogP contribution in [0.5, 0.6) is 5.75 Å². The molecule has 0 bridgehead atoms. The van der Waals surface area contributed by atoms with Crippen molar-refractivity contribution in [3.63, 3.8) is 0 Å². The number of imidazole rings is 1. The number of nitrogens with one attached hydrogen (secondary N) is 1. The molecule has 1 N–H and O–H groups in total. The molecule has 2 aromatic carbocycles. The molecule has 1 heterocycles. The summed E-state index contributed by atoms with van der Waals surface area (Å²) in [7, 11) is 1.60. The second-order valence-electron chi connectivity index (χ2n) is 5.08. The third-order valence-corrected chi connectivity index (χ3v) is 4.08. The number of aryl methyl sites for hydroxylation is 1. The van der Waals surface area contributed by atoms with E-state index in [1.54, 1.807) is 42.9 Å². The molecule has 0 spiro atoms. The van der Waals surface area contributed by atoms with Crippen molar-refractivity contribution >= 4 is 28.6 Å². The lowest BCUT2D eigenvalue weighted by atomic mass is 10.1. The van der Waals surface area contributed by atoms with E-state index in [1.165, 1.54) is 17.3 Å². The number of aromatic amines is 1. The third kappa shape index (κ3) is 3.63. The first-order valence-corrected chi connectivity index (χ1v) is 8.01. The summed E-state index contributed by atoms with van der Waals surface area (Å²) in [5, 5.41) is 2.52. The number of rotatable bonds is 5. The summed E-state index contributed by atoms with van der Waals surface area (Å²) in [4.78, 5) is 19.8. The Hall–Kier alpha value is -2.53. The lowest BCUT2D eigenvalue weighted by molar-refractivity contribution is 0.104. The summed E-state index contributed by atoms with van der Waals surface area (Å²) in [6, 6.07) is 13.1. The Bertz CT molecular complexity index is 866. The first kappa shape index (κ1) is 15.4. The van der Waals surface area contributed by atoms with Gasteiger partial charge in [0.25, 0.3) is 0 Å². The molecule has 23 heavy (non-hydrogen) atoms. The summed E-state index contributed by atoms with van der Waals surface area (Å²) < 4.78 is 5.08. The van der Waals surface area contributed by atoms with Crippen molar-refractivity contribution < 1.29 is 9.53 Å². The van der Waals surface area contributed by atoms with E-state index in [0.717, 1.165) is 21.9 Å². The maximum Gasteiger partial charge on any atom is 0.186 e. The molecule has 0 atom stereocenters. The molecule has 3 rings (SSSR count). The Morgan fingerprint density at radius 2 is 2.00 bits per heavy atom. The molecule has 0 radical (unpaired) electrons. The Balaban J connectivity index is 1.67. The van der Waals surface area contributed by atoms with Crippen molar-refractivity contribution in [1.82, 2.24) is 9.97 Å². The molecule has 3 aromatic rings. The van der Waals surface area contributed by atoms with Gasteiger partial charge in [0.1, 0.15) is 5.75 Å². The maximum absolute atomic E-state index is 12.1. The molecule has 1 aromatic heterocycles. The van der Waals surface area contributed by atoms with Crippen LogP contribution in [0.3, 0.4) is 0 Å². The number of H-pyrrole nitrogens is 1. The summed E-state index contributed by atoms with van der Waals surface area (Å²) in [5.74, 6) is 0.685. The molecule has 116 valence electrons. The van der Waals surface area contributed by atoms with Crippen molar-refractivity contribution in [1.29, 1.82) is 0 Å². The Kier molecular flexibility index (Phi) is 4.48. The van der Waals surface area contributed by atoms with Gasteiger partial charge in [-0.15, -0.1) is 0 Å². The largest absolute Gasteiger partial charge is 0.497 e. The van der Waals surface area contributed by atoms with Crippen LogP contribution in [0, 0.1) is 6.92 Å². The first-order chi connectivity index (χ1) is 11.2. The zero-order valence-electron chi connectivity index (χ0n) is 12.9. The number of aromatic nitrogens is 2. The number of carbonyl (C=O) groups is 1. The van der Waals surface area contributed by atoms with E-state index in [4.69, 9.17) is 4.74 Å². The summed E-state index contributed by atoms with van der Waals surface area (Å²) in [6.45, 7) is 2.04. The van der Waals surface area contributed by atoms with Gasteiger partial charge in [0.05, 0.1) is 18.1 Å². The summed E-state index contributed by atoms with van der Waals surface area (Å²) >= 11 is 1.39. The van der Waals surface area contributed by atoms with Gasteiger partial charge >= 0.3 is 0 Å². The molecule has 0 saturated heterocycles. The van der Waals surface area contributed by atoms with E-state index in [2.05, 4.69) is 16.0 Å². The van der Waals surface area contributed by atoms with E-state index < -0.39 is 0 Å². The highest BCUT2D eigenvalue weighted by Crippen LogP contribution is 2.21. The van der Waals surface area contributed by atoms with Gasteiger partial charge in [0.2, 0.25) is 0 Å². The van der Waals surface area contributed by atoms with Crippen molar-refractivity contribution in [3.8, 4) is 5.75 Å². The van der Waals surface area contributed by atoms with Gasteiger partial charge in [-0.25, -0.2) is 4.98 Å². The van der Waals surface area contributed by atoms with Crippen LogP contribution in [-0.4, -0.2) is 22.9 Å². The molecule has 0 amide bonds. The highest BCUT2D eigenvalue weighted by molar-refractivity contribution is 8.02. The number of ether oxygens (including phenoxy) is 1. The van der Waals surface area contributed by atoms with Crippen LogP contribution in [0.1, 0.15) is 15.9 Å². The van der Waals surface area contributed by atoms with Crippen LogP contribution < -0.4 is 4.74 Å². The van der Waals surface area contributed by atoms with Crippen LogP contribution in [0.4, 0.5) is 0 Å². The smallest absolute Gasteiger partial charge is 0.186 e. The molecular formula is C18H16N2O2S. The molecule has 5 heteroatoms. The number of hydrogen-bond donors (Lipinski definition) is 1. The van der Waals surface area contributed by atoms with Gasteiger partial charge < -0.3 is 9.72 Å². The van der Waals surface area contributed by atoms with Crippen LogP contribution in [0.15, 0.2) is 59.1 Å². The zero-order valence-corrected chi connectivity index (χ0v) is 13.7. The predicted octanol–water partition coefficient (Wildman–Crippen LogP) is 4.37. The Labute approximate surface area is 138 Å². The third-order valence-electron chi connectivity index (χ3n) is 3.39. The zero-order chi connectivity index (χ0) is 16.2. The number of fused-ring (bicyclic) bond motifs is 1. The van der Waals surface area contributed by atoms with Crippen LogP contribution in [0.25, 0.3) is 11.0 Å². The summed E-state index contributed by atoms with van der Waals surface area (Å²) in [6.07, 6.45) is 1.55. The minimum absolute atomic E-state index is 0.0490. The number of allylic oxidation sites excluding steroid dienone is 1. The first-order valence-electron chi connectivity index (χ1n) is 7.13. The number of ketones is 1. The minimum atomic E-state index is -0.0490. The van der Waals surface area contributed by atoms with Crippen molar-refractivity contribution in [2.24, 2.45) is 0 Å². The predicted molar refractivity (Wildman–Crippen MR) is 93.2 cm³/mol. The fraction of sp³-hybridized carbons (Fsp3) is 0.111. The number of benzene rings is 2. The van der Waals surface area contributed by atoms with Gasteiger partial charge in [0, 0.05) is 5.56 Å². The standard InChI is InChI=1S/C18H16N2O2S/c1-12-3-8-15-16(11-12)20-18(19-15)23-10-9-17(21)13-4-6-14(22-2)7-5-13/h3-11H,1-2H3,(H,19,20). The molecule has 4 nitrogen and oxygen atoms in total.